The van der Waals surface area contributed by atoms with Gasteiger partial charge < -0.3 is 10.5 Å². The van der Waals surface area contributed by atoms with Crippen molar-refractivity contribution in [3.8, 4) is 0 Å². The van der Waals surface area contributed by atoms with Crippen LogP contribution in [0.5, 0.6) is 0 Å². The molecule has 1 saturated heterocycles. The van der Waals surface area contributed by atoms with Gasteiger partial charge in [0.2, 0.25) is 10.0 Å². The van der Waals surface area contributed by atoms with E-state index in [9.17, 15) is 13.2 Å². The fraction of sp³-hybridized carbons (Fsp3) is 0.320. The van der Waals surface area contributed by atoms with Crippen LogP contribution >= 0.6 is 23.2 Å². The molecule has 3 aromatic rings. The molecule has 1 aliphatic heterocycles. The number of nitrogens with zero attached hydrogens (tertiary/aromatic N) is 1. The van der Waals surface area contributed by atoms with Gasteiger partial charge >= 0.3 is 5.97 Å². The Bertz CT molecular complexity index is 1300. The molecule has 6 nitrogen and oxygen atoms in total. The number of hydrogen-bond donors (Lipinski definition) is 1. The van der Waals surface area contributed by atoms with Crippen LogP contribution in [0.1, 0.15) is 25.3 Å². The van der Waals surface area contributed by atoms with E-state index in [1.165, 1.54) is 22.5 Å². The lowest BCUT2D eigenvalue weighted by Gasteiger charge is -2.37. The molecular formula is C25H26Cl2N2O4S. The normalized spacial score (nSPS) is 20.2. The van der Waals surface area contributed by atoms with Crippen molar-refractivity contribution >= 4 is 50.0 Å². The maximum Gasteiger partial charge on any atom is 0.324 e. The van der Waals surface area contributed by atoms with Crippen LogP contribution in [-0.4, -0.2) is 37.5 Å². The minimum absolute atomic E-state index is 0.0407. The number of rotatable bonds is 6. The summed E-state index contributed by atoms with van der Waals surface area (Å²) in [6.07, 6.45) is 0.344. The van der Waals surface area contributed by atoms with E-state index in [-0.39, 0.29) is 33.8 Å². The second-order valence-electron chi connectivity index (χ2n) is 8.73. The van der Waals surface area contributed by atoms with Crippen LogP contribution < -0.4 is 5.73 Å². The molecule has 0 saturated carbocycles. The first kappa shape index (κ1) is 24.9. The fourth-order valence-corrected chi connectivity index (χ4v) is 6.45. The van der Waals surface area contributed by atoms with E-state index in [0.717, 1.165) is 16.3 Å². The molecule has 0 aromatic heterocycles. The number of hydrogen-bond acceptors (Lipinski definition) is 5. The molecule has 3 atom stereocenters. The minimum atomic E-state index is -3.99. The van der Waals surface area contributed by atoms with Gasteiger partial charge in [0, 0.05) is 23.0 Å². The van der Waals surface area contributed by atoms with Gasteiger partial charge in [-0.3, -0.25) is 4.79 Å². The maximum atomic E-state index is 13.4. The van der Waals surface area contributed by atoms with Gasteiger partial charge in [-0.15, -0.1) is 0 Å². The standard InChI is InChI=1S/C25H26Cl2N2O4S/c1-16-8-9-29(34(31,32)22-14-20(26)13-21(27)15-22)24(10-16)33-25(30)23(28)12-17-6-7-18-4-2-3-5-19(18)11-17/h2-7,11,13-16,23-24H,8-10,12,28H2,1H3/t16?,23-,24?/m0/s1. The number of sulfonamides is 1. The highest BCUT2D eigenvalue weighted by Gasteiger charge is 2.39. The lowest BCUT2D eigenvalue weighted by molar-refractivity contribution is -0.159. The number of nitrogens with two attached hydrogens (primary N) is 1. The molecule has 9 heteroatoms. The zero-order chi connectivity index (χ0) is 24.5. The van der Waals surface area contributed by atoms with E-state index in [0.29, 0.717) is 12.8 Å². The molecule has 3 aromatic carbocycles. The van der Waals surface area contributed by atoms with Crippen LogP contribution in [0.3, 0.4) is 0 Å². The summed E-state index contributed by atoms with van der Waals surface area (Å²) in [5, 5.41) is 2.57. The van der Waals surface area contributed by atoms with Crippen molar-refractivity contribution in [2.24, 2.45) is 11.7 Å². The molecule has 1 aliphatic rings. The summed E-state index contributed by atoms with van der Waals surface area (Å²) >= 11 is 12.0. The average molecular weight is 521 g/mol. The van der Waals surface area contributed by atoms with Gasteiger partial charge in [-0.05, 0) is 53.3 Å². The Balaban J connectivity index is 1.51. The molecule has 0 radical (unpaired) electrons. The Labute approximate surface area is 209 Å². The van der Waals surface area contributed by atoms with Gasteiger partial charge in [0.05, 0.1) is 4.90 Å². The van der Waals surface area contributed by atoms with E-state index in [1.807, 2.05) is 49.4 Å². The molecule has 1 heterocycles. The van der Waals surface area contributed by atoms with E-state index >= 15 is 0 Å². The first-order chi connectivity index (χ1) is 16.1. The number of carbonyl (C=O) groups is 1. The summed E-state index contributed by atoms with van der Waals surface area (Å²) in [6.45, 7) is 2.21. The highest BCUT2D eigenvalue weighted by Crippen LogP contribution is 2.31. The second kappa shape index (κ2) is 10.2. The molecule has 0 aliphatic carbocycles. The van der Waals surface area contributed by atoms with Gasteiger partial charge in [-0.25, -0.2) is 8.42 Å². The van der Waals surface area contributed by atoms with Gasteiger partial charge in [-0.1, -0.05) is 72.6 Å². The van der Waals surface area contributed by atoms with Crippen LogP contribution in [0.15, 0.2) is 65.6 Å². The van der Waals surface area contributed by atoms with Crippen molar-refractivity contribution in [3.63, 3.8) is 0 Å². The highest BCUT2D eigenvalue weighted by atomic mass is 35.5. The number of halogens is 2. The van der Waals surface area contributed by atoms with Gasteiger partial charge in [0.1, 0.15) is 6.04 Å². The summed E-state index contributed by atoms with van der Waals surface area (Å²) in [5.41, 5.74) is 7.07. The van der Waals surface area contributed by atoms with Crippen molar-refractivity contribution < 1.29 is 17.9 Å². The third kappa shape index (κ3) is 5.56. The SMILES string of the molecule is CC1CCN(S(=O)(=O)c2cc(Cl)cc(Cl)c2)C(OC(=O)[C@@H](N)Cc2ccc3ccccc3c2)C1. The molecule has 0 amide bonds. The summed E-state index contributed by atoms with van der Waals surface area (Å²) in [7, 11) is -3.99. The van der Waals surface area contributed by atoms with Crippen LogP contribution in [0.4, 0.5) is 0 Å². The molecule has 2 N–H and O–H groups in total. The quantitative estimate of drug-likeness (QED) is 0.461. The molecular weight excluding hydrogens is 495 g/mol. The Hall–Kier alpha value is -2.16. The average Bonchev–Trinajstić information content (AvgIpc) is 2.78. The van der Waals surface area contributed by atoms with Gasteiger partial charge in [-0.2, -0.15) is 4.31 Å². The summed E-state index contributed by atoms with van der Waals surface area (Å²) < 4.78 is 33.6. The third-order valence-electron chi connectivity index (χ3n) is 6.03. The van der Waals surface area contributed by atoms with E-state index in [1.54, 1.807) is 0 Å². The molecule has 34 heavy (non-hydrogen) atoms. The topological polar surface area (TPSA) is 89.7 Å². The Kier molecular flexibility index (Phi) is 7.50. The van der Waals surface area contributed by atoms with Crippen molar-refractivity contribution in [1.82, 2.24) is 4.31 Å². The first-order valence-electron chi connectivity index (χ1n) is 11.0. The van der Waals surface area contributed by atoms with Crippen LogP contribution in [0.2, 0.25) is 10.0 Å². The predicted molar refractivity (Wildman–Crippen MR) is 134 cm³/mol. The fourth-order valence-electron chi connectivity index (χ4n) is 4.19. The molecule has 4 rings (SSSR count). The van der Waals surface area contributed by atoms with E-state index in [2.05, 4.69) is 0 Å². The van der Waals surface area contributed by atoms with Crippen LogP contribution in [0, 0.1) is 5.92 Å². The van der Waals surface area contributed by atoms with Gasteiger partial charge in [0.25, 0.3) is 0 Å². The second-order valence-corrected chi connectivity index (χ2v) is 11.5. The maximum absolute atomic E-state index is 13.4. The van der Waals surface area contributed by atoms with Crippen molar-refractivity contribution in [2.45, 2.75) is 43.4 Å². The number of carbonyl (C=O) groups excluding carboxylic acids is 1. The Morgan fingerprint density at radius 2 is 1.76 bits per heavy atom. The third-order valence-corrected chi connectivity index (χ3v) is 8.34. The Morgan fingerprint density at radius 3 is 2.47 bits per heavy atom. The summed E-state index contributed by atoms with van der Waals surface area (Å²) in [5.74, 6) is -0.458. The van der Waals surface area contributed by atoms with E-state index < -0.39 is 28.3 Å². The monoisotopic (exact) mass is 520 g/mol. The largest absolute Gasteiger partial charge is 0.444 e. The smallest absolute Gasteiger partial charge is 0.324 e. The molecule has 2 unspecified atom stereocenters. The molecule has 0 spiro atoms. The number of fused-ring (bicyclic) bond motifs is 1. The zero-order valence-corrected chi connectivity index (χ0v) is 21.0. The van der Waals surface area contributed by atoms with E-state index in [4.69, 9.17) is 33.7 Å². The molecule has 0 bridgehead atoms. The Morgan fingerprint density at radius 1 is 1.09 bits per heavy atom. The summed E-state index contributed by atoms with van der Waals surface area (Å²) in [4.78, 5) is 12.9. The number of piperidine rings is 1. The highest BCUT2D eigenvalue weighted by molar-refractivity contribution is 7.89. The van der Waals surface area contributed by atoms with Crippen molar-refractivity contribution in [1.29, 1.82) is 0 Å². The molecule has 180 valence electrons. The number of ether oxygens (including phenoxy) is 1. The van der Waals surface area contributed by atoms with Gasteiger partial charge in [0.15, 0.2) is 6.23 Å². The van der Waals surface area contributed by atoms with Crippen molar-refractivity contribution in [3.05, 3.63) is 76.3 Å². The number of esters is 1. The summed E-state index contributed by atoms with van der Waals surface area (Å²) in [6, 6.07) is 17.0. The van der Waals surface area contributed by atoms with Crippen LogP contribution in [0.25, 0.3) is 10.8 Å². The van der Waals surface area contributed by atoms with Crippen LogP contribution in [-0.2, 0) is 26.0 Å². The van der Waals surface area contributed by atoms with Crippen molar-refractivity contribution in [2.75, 3.05) is 6.54 Å². The predicted octanol–water partition coefficient (Wildman–Crippen LogP) is 5.01. The lowest BCUT2D eigenvalue weighted by atomic mass is 9.99. The number of benzene rings is 3. The zero-order valence-electron chi connectivity index (χ0n) is 18.7. The lowest BCUT2D eigenvalue weighted by Crippen LogP contribution is -2.49. The molecule has 1 fully saturated rings. The minimum Gasteiger partial charge on any atom is -0.444 e. The first-order valence-corrected chi connectivity index (χ1v) is 13.2.